The van der Waals surface area contributed by atoms with Crippen molar-refractivity contribution in [2.75, 3.05) is 32.8 Å². The van der Waals surface area contributed by atoms with Crippen LogP contribution in [-0.4, -0.2) is 39.8 Å². The second-order valence-electron chi connectivity index (χ2n) is 6.69. The van der Waals surface area contributed by atoms with E-state index in [-0.39, 0.29) is 23.7 Å². The number of nitrogens with zero attached hydrogens (tertiary/aromatic N) is 1. The molecule has 31 heavy (non-hydrogen) atoms. The maximum Gasteiger partial charge on any atom is 0.340 e. The molecule has 7 heteroatoms. The molecule has 0 fully saturated rings. The van der Waals surface area contributed by atoms with Crippen molar-refractivity contribution in [2.45, 2.75) is 13.8 Å². The van der Waals surface area contributed by atoms with Crippen molar-refractivity contribution >= 4 is 23.6 Å². The predicted octanol–water partition coefficient (Wildman–Crippen LogP) is 3.98. The maximum absolute atomic E-state index is 13.5. The van der Waals surface area contributed by atoms with Crippen molar-refractivity contribution in [1.82, 2.24) is 0 Å². The van der Waals surface area contributed by atoms with Crippen molar-refractivity contribution in [3.05, 3.63) is 64.9 Å². The fraction of sp³-hybridized carbons (Fsp3) is 0.250. The molecule has 0 atom stereocenters. The van der Waals surface area contributed by atoms with Crippen LogP contribution in [0.25, 0.3) is 6.08 Å². The van der Waals surface area contributed by atoms with Gasteiger partial charge in [0.25, 0.3) is 5.91 Å². The van der Waals surface area contributed by atoms with E-state index >= 15 is 0 Å². The molecule has 162 valence electrons. The molecule has 0 aromatic heterocycles. The number of rotatable bonds is 7. The van der Waals surface area contributed by atoms with Crippen LogP contribution in [0.15, 0.2) is 59.3 Å². The van der Waals surface area contributed by atoms with Crippen molar-refractivity contribution < 1.29 is 28.5 Å². The lowest BCUT2D eigenvalue weighted by molar-refractivity contribution is -0.138. The molecule has 2 aromatic carbocycles. The molecule has 1 amide bonds. The molecule has 0 saturated carbocycles. The van der Waals surface area contributed by atoms with Crippen LogP contribution in [0.4, 0.5) is 5.69 Å². The van der Waals surface area contributed by atoms with Crippen LogP contribution < -0.4 is 19.1 Å². The number of methoxy groups -OCH3 is 3. The number of carbonyl (C=O) groups is 2. The molecule has 1 aliphatic heterocycles. The first-order valence-electron chi connectivity index (χ1n) is 9.75. The number of esters is 1. The van der Waals surface area contributed by atoms with Gasteiger partial charge < -0.3 is 18.9 Å². The average molecular weight is 423 g/mol. The van der Waals surface area contributed by atoms with Gasteiger partial charge in [0.05, 0.1) is 39.1 Å². The second kappa shape index (κ2) is 9.38. The van der Waals surface area contributed by atoms with E-state index in [1.165, 1.54) is 12.0 Å². The molecule has 0 unspecified atom stereocenters. The highest BCUT2D eigenvalue weighted by molar-refractivity contribution is 6.24. The summed E-state index contributed by atoms with van der Waals surface area (Å²) in [6.45, 7) is 3.64. The lowest BCUT2D eigenvalue weighted by Gasteiger charge is -2.18. The van der Waals surface area contributed by atoms with Crippen molar-refractivity contribution in [3.8, 4) is 17.2 Å². The Morgan fingerprint density at radius 3 is 2.19 bits per heavy atom. The summed E-state index contributed by atoms with van der Waals surface area (Å²) in [5, 5.41) is 0. The number of amides is 1. The fourth-order valence-electron chi connectivity index (χ4n) is 3.43. The number of allylic oxidation sites excluding steroid dienone is 1. The van der Waals surface area contributed by atoms with Gasteiger partial charge in [0.15, 0.2) is 0 Å². The Labute approximate surface area is 181 Å². The van der Waals surface area contributed by atoms with Gasteiger partial charge in [0, 0.05) is 16.9 Å². The highest BCUT2D eigenvalue weighted by Crippen LogP contribution is 2.37. The lowest BCUT2D eigenvalue weighted by atomic mass is 10.0. The third-order valence-electron chi connectivity index (χ3n) is 4.95. The van der Waals surface area contributed by atoms with Crippen LogP contribution in [-0.2, 0) is 14.3 Å². The molecular formula is C24H25NO6. The molecule has 0 N–H and O–H groups in total. The Bertz CT molecular complexity index is 1050. The number of anilines is 1. The third-order valence-corrected chi connectivity index (χ3v) is 4.95. The van der Waals surface area contributed by atoms with Gasteiger partial charge in [0.1, 0.15) is 17.2 Å². The molecule has 0 saturated heterocycles. The van der Waals surface area contributed by atoms with Crippen LogP contribution in [0, 0.1) is 0 Å². The fourth-order valence-corrected chi connectivity index (χ4v) is 3.43. The van der Waals surface area contributed by atoms with E-state index in [4.69, 9.17) is 18.9 Å². The Morgan fingerprint density at radius 1 is 0.968 bits per heavy atom. The standard InChI is InChI=1S/C24H25NO6/c1-6-31-24(27)22-15(2)25(17-7-9-18(28-3)10-8-17)23(26)20(22)14-16-13-19(29-4)11-12-21(16)30-5/h7-14H,6H2,1-5H3/b20-14-. The number of hydrogen-bond acceptors (Lipinski definition) is 6. The van der Waals surface area contributed by atoms with Crippen LogP contribution in [0.5, 0.6) is 17.2 Å². The van der Waals surface area contributed by atoms with Gasteiger partial charge >= 0.3 is 5.97 Å². The summed E-state index contributed by atoms with van der Waals surface area (Å²) in [4.78, 5) is 27.7. The van der Waals surface area contributed by atoms with E-state index in [0.29, 0.717) is 34.2 Å². The van der Waals surface area contributed by atoms with Crippen molar-refractivity contribution in [3.63, 3.8) is 0 Å². The summed E-state index contributed by atoms with van der Waals surface area (Å²) >= 11 is 0. The Kier molecular flexibility index (Phi) is 6.65. The van der Waals surface area contributed by atoms with Gasteiger partial charge in [-0.1, -0.05) is 0 Å². The lowest BCUT2D eigenvalue weighted by Crippen LogP contribution is -2.24. The van der Waals surface area contributed by atoms with Gasteiger partial charge in [-0.15, -0.1) is 0 Å². The highest BCUT2D eigenvalue weighted by atomic mass is 16.5. The summed E-state index contributed by atoms with van der Waals surface area (Å²) in [6.07, 6.45) is 1.63. The van der Waals surface area contributed by atoms with Crippen LogP contribution in [0.2, 0.25) is 0 Å². The molecule has 0 spiro atoms. The Hall–Kier alpha value is -3.74. The molecule has 2 aromatic rings. The molecule has 0 aliphatic carbocycles. The monoisotopic (exact) mass is 423 g/mol. The Balaban J connectivity index is 2.15. The second-order valence-corrected chi connectivity index (χ2v) is 6.69. The van der Waals surface area contributed by atoms with Gasteiger partial charge in [-0.25, -0.2) is 4.79 Å². The zero-order valence-corrected chi connectivity index (χ0v) is 18.2. The molecule has 0 bridgehead atoms. The summed E-state index contributed by atoms with van der Waals surface area (Å²) < 4.78 is 21.2. The molecular weight excluding hydrogens is 398 g/mol. The smallest absolute Gasteiger partial charge is 0.340 e. The number of benzene rings is 2. The first-order valence-corrected chi connectivity index (χ1v) is 9.75. The average Bonchev–Trinajstić information content (AvgIpc) is 3.03. The minimum absolute atomic E-state index is 0.197. The normalized spacial score (nSPS) is 14.8. The summed E-state index contributed by atoms with van der Waals surface area (Å²) in [6, 6.07) is 12.3. The van der Waals surface area contributed by atoms with Crippen molar-refractivity contribution in [1.29, 1.82) is 0 Å². The van der Waals surface area contributed by atoms with Gasteiger partial charge in [-0.2, -0.15) is 0 Å². The number of ether oxygens (including phenoxy) is 4. The molecule has 1 aliphatic rings. The number of hydrogen-bond donors (Lipinski definition) is 0. The first-order chi connectivity index (χ1) is 14.9. The SMILES string of the molecule is CCOC(=O)C1=C(C)N(c2ccc(OC)cc2)C(=O)/C1=C\c1cc(OC)ccc1OC. The minimum Gasteiger partial charge on any atom is -0.497 e. The van der Waals surface area contributed by atoms with E-state index < -0.39 is 5.97 Å². The molecule has 0 radical (unpaired) electrons. The number of carbonyl (C=O) groups excluding carboxylic acids is 2. The topological polar surface area (TPSA) is 74.3 Å². The zero-order chi connectivity index (χ0) is 22.5. The van der Waals surface area contributed by atoms with Gasteiger partial charge in [0.2, 0.25) is 0 Å². The van der Waals surface area contributed by atoms with Gasteiger partial charge in [-0.05, 0) is 62.4 Å². The van der Waals surface area contributed by atoms with E-state index in [9.17, 15) is 9.59 Å². The van der Waals surface area contributed by atoms with E-state index in [1.54, 1.807) is 76.6 Å². The summed E-state index contributed by atoms with van der Waals surface area (Å²) in [7, 11) is 4.67. The molecule has 1 heterocycles. The first kappa shape index (κ1) is 22.0. The minimum atomic E-state index is -0.558. The van der Waals surface area contributed by atoms with Crippen molar-refractivity contribution in [2.24, 2.45) is 0 Å². The summed E-state index contributed by atoms with van der Waals surface area (Å²) in [5.41, 5.74) is 2.15. The third kappa shape index (κ3) is 4.26. The van der Waals surface area contributed by atoms with E-state index in [0.717, 1.165) is 0 Å². The molecule has 3 rings (SSSR count). The zero-order valence-electron chi connectivity index (χ0n) is 18.2. The maximum atomic E-state index is 13.5. The van der Waals surface area contributed by atoms with Crippen LogP contribution >= 0.6 is 0 Å². The summed E-state index contributed by atoms with van der Waals surface area (Å²) in [5.74, 6) is 0.918. The largest absolute Gasteiger partial charge is 0.497 e. The Morgan fingerprint density at radius 2 is 1.61 bits per heavy atom. The van der Waals surface area contributed by atoms with Gasteiger partial charge in [-0.3, -0.25) is 9.69 Å². The highest BCUT2D eigenvalue weighted by Gasteiger charge is 2.38. The van der Waals surface area contributed by atoms with Crippen LogP contribution in [0.3, 0.4) is 0 Å². The van der Waals surface area contributed by atoms with E-state index in [1.807, 2.05) is 0 Å². The quantitative estimate of drug-likeness (QED) is 0.495. The molecule has 7 nitrogen and oxygen atoms in total. The predicted molar refractivity (Wildman–Crippen MR) is 117 cm³/mol. The van der Waals surface area contributed by atoms with Crippen LogP contribution in [0.1, 0.15) is 19.4 Å². The van der Waals surface area contributed by atoms with E-state index in [2.05, 4.69) is 0 Å².